The highest BCUT2D eigenvalue weighted by Gasteiger charge is 2.34. The van der Waals surface area contributed by atoms with Crippen LogP contribution in [0.15, 0.2) is 0 Å². The van der Waals surface area contributed by atoms with Gasteiger partial charge in [0.2, 0.25) is 0 Å². The monoisotopic (exact) mass is 235 g/mol. The third kappa shape index (κ3) is 1.79. The highest BCUT2D eigenvalue weighted by atomic mass is 16.5. The molecule has 0 unspecified atom stereocenters. The Hall–Kier alpha value is -0.870. The van der Waals surface area contributed by atoms with Gasteiger partial charge < -0.3 is 14.6 Å². The van der Waals surface area contributed by atoms with E-state index in [0.29, 0.717) is 12.1 Å². The quantitative estimate of drug-likeness (QED) is 0.861. The van der Waals surface area contributed by atoms with Gasteiger partial charge in [0.1, 0.15) is 5.82 Å². The molecule has 0 amide bonds. The predicted octanol–water partition coefficient (Wildman–Crippen LogP) is 1.44. The summed E-state index contributed by atoms with van der Waals surface area (Å²) in [6, 6.07) is 0.629. The molecule has 0 spiro atoms. The van der Waals surface area contributed by atoms with Crippen LogP contribution in [0.5, 0.6) is 0 Å². The summed E-state index contributed by atoms with van der Waals surface area (Å²) < 4.78 is 7.89. The van der Waals surface area contributed by atoms with Crippen LogP contribution in [0.4, 0.5) is 0 Å². The Labute approximate surface area is 102 Å². The molecule has 1 aromatic rings. The van der Waals surface area contributed by atoms with Crippen molar-refractivity contribution in [1.82, 2.24) is 14.9 Å². The van der Waals surface area contributed by atoms with Crippen LogP contribution in [0.3, 0.4) is 0 Å². The van der Waals surface area contributed by atoms with Crippen molar-refractivity contribution < 1.29 is 4.74 Å². The third-order valence-electron chi connectivity index (χ3n) is 4.08. The van der Waals surface area contributed by atoms with Crippen LogP contribution in [-0.2, 0) is 24.1 Å². The van der Waals surface area contributed by atoms with Crippen LogP contribution in [0.2, 0.25) is 0 Å². The molecule has 0 bridgehead atoms. The molecule has 1 saturated carbocycles. The summed E-state index contributed by atoms with van der Waals surface area (Å²) in [5.41, 5.74) is 2.74. The number of fused-ring (bicyclic) bond motifs is 1. The lowest BCUT2D eigenvalue weighted by Crippen LogP contribution is -2.35. The Morgan fingerprint density at radius 2 is 2.29 bits per heavy atom. The van der Waals surface area contributed by atoms with E-state index in [0.717, 1.165) is 38.8 Å². The van der Waals surface area contributed by atoms with Crippen molar-refractivity contribution in [3.05, 3.63) is 17.2 Å². The summed E-state index contributed by atoms with van der Waals surface area (Å²) in [4.78, 5) is 4.78. The second kappa shape index (κ2) is 4.42. The van der Waals surface area contributed by atoms with Gasteiger partial charge >= 0.3 is 0 Å². The maximum absolute atomic E-state index is 5.39. The van der Waals surface area contributed by atoms with Crippen LogP contribution >= 0.6 is 0 Å². The Kier molecular flexibility index (Phi) is 2.92. The van der Waals surface area contributed by atoms with Crippen molar-refractivity contribution in [2.45, 2.75) is 51.3 Å². The van der Waals surface area contributed by atoms with E-state index in [2.05, 4.69) is 16.8 Å². The fourth-order valence-corrected chi connectivity index (χ4v) is 3.01. The SMILES string of the molecule is CCc1nc2c(n1C1CC(OC)C1)CCNC2. The molecule has 1 aliphatic heterocycles. The molecule has 17 heavy (non-hydrogen) atoms. The first-order valence-corrected chi connectivity index (χ1v) is 6.65. The van der Waals surface area contributed by atoms with Gasteiger partial charge in [-0.3, -0.25) is 0 Å². The molecular weight excluding hydrogens is 214 g/mol. The minimum Gasteiger partial charge on any atom is -0.381 e. The molecule has 1 aromatic heterocycles. The molecule has 0 saturated heterocycles. The fraction of sp³-hybridized carbons (Fsp3) is 0.769. The molecule has 94 valence electrons. The van der Waals surface area contributed by atoms with E-state index in [1.807, 2.05) is 7.11 Å². The van der Waals surface area contributed by atoms with E-state index in [1.54, 1.807) is 0 Å². The third-order valence-corrected chi connectivity index (χ3v) is 4.08. The van der Waals surface area contributed by atoms with Crippen LogP contribution in [0.1, 0.15) is 43.0 Å². The van der Waals surface area contributed by atoms with Gasteiger partial charge in [-0.15, -0.1) is 0 Å². The zero-order valence-electron chi connectivity index (χ0n) is 10.7. The Balaban J connectivity index is 1.89. The zero-order valence-corrected chi connectivity index (χ0v) is 10.7. The minimum atomic E-state index is 0.462. The van der Waals surface area contributed by atoms with Crippen LogP contribution < -0.4 is 5.32 Å². The lowest BCUT2D eigenvalue weighted by Gasteiger charge is -2.37. The van der Waals surface area contributed by atoms with Crippen molar-refractivity contribution in [2.24, 2.45) is 0 Å². The average Bonchev–Trinajstić information content (AvgIpc) is 2.67. The molecule has 1 fully saturated rings. The Bertz CT molecular complexity index is 407. The van der Waals surface area contributed by atoms with E-state index < -0.39 is 0 Å². The number of nitrogens with one attached hydrogen (secondary N) is 1. The average molecular weight is 235 g/mol. The molecule has 2 aliphatic rings. The maximum atomic E-state index is 5.39. The fourth-order valence-electron chi connectivity index (χ4n) is 3.01. The molecule has 3 rings (SSSR count). The van der Waals surface area contributed by atoms with E-state index in [4.69, 9.17) is 9.72 Å². The van der Waals surface area contributed by atoms with Gasteiger partial charge in [0.25, 0.3) is 0 Å². The van der Waals surface area contributed by atoms with Crippen molar-refractivity contribution >= 4 is 0 Å². The molecule has 4 heteroatoms. The molecule has 2 heterocycles. The van der Waals surface area contributed by atoms with E-state index in [9.17, 15) is 0 Å². The topological polar surface area (TPSA) is 39.1 Å². The van der Waals surface area contributed by atoms with Crippen molar-refractivity contribution in [3.63, 3.8) is 0 Å². The highest BCUT2D eigenvalue weighted by Crippen LogP contribution is 2.37. The van der Waals surface area contributed by atoms with Gasteiger partial charge in [-0.2, -0.15) is 0 Å². The zero-order chi connectivity index (χ0) is 11.8. The summed E-state index contributed by atoms with van der Waals surface area (Å²) in [5.74, 6) is 1.26. The maximum Gasteiger partial charge on any atom is 0.109 e. The van der Waals surface area contributed by atoms with Crippen LogP contribution in [0, 0.1) is 0 Å². The standard InChI is InChI=1S/C13H21N3O/c1-3-13-15-11-8-14-5-4-12(11)16(13)9-6-10(7-9)17-2/h9-10,14H,3-8H2,1-2H3. The van der Waals surface area contributed by atoms with Gasteiger partial charge in [-0.1, -0.05) is 6.92 Å². The lowest BCUT2D eigenvalue weighted by atomic mass is 9.88. The number of methoxy groups -OCH3 is 1. The number of aromatic nitrogens is 2. The number of nitrogens with zero attached hydrogens (tertiary/aromatic N) is 2. The largest absolute Gasteiger partial charge is 0.381 e. The molecular formula is C13H21N3O. The molecule has 1 aliphatic carbocycles. The summed E-state index contributed by atoms with van der Waals surface area (Å²) in [6.07, 6.45) is 4.92. The second-order valence-corrected chi connectivity index (χ2v) is 5.05. The minimum absolute atomic E-state index is 0.462. The Morgan fingerprint density at radius 3 is 3.00 bits per heavy atom. The molecule has 4 nitrogen and oxygen atoms in total. The normalized spacial score (nSPS) is 27.6. The van der Waals surface area contributed by atoms with Crippen molar-refractivity contribution in [1.29, 1.82) is 0 Å². The molecule has 0 radical (unpaired) electrons. The smallest absolute Gasteiger partial charge is 0.109 e. The first kappa shape index (κ1) is 11.2. The number of rotatable bonds is 3. The molecule has 0 aromatic carbocycles. The van der Waals surface area contributed by atoms with Gasteiger partial charge in [-0.05, 0) is 12.8 Å². The molecule has 0 atom stereocenters. The van der Waals surface area contributed by atoms with E-state index in [-0.39, 0.29) is 0 Å². The van der Waals surface area contributed by atoms with E-state index >= 15 is 0 Å². The van der Waals surface area contributed by atoms with Gasteiger partial charge in [0, 0.05) is 44.8 Å². The number of imidazole rings is 1. The second-order valence-electron chi connectivity index (χ2n) is 5.05. The highest BCUT2D eigenvalue weighted by molar-refractivity contribution is 5.22. The number of hydrogen-bond acceptors (Lipinski definition) is 3. The number of aryl methyl sites for hydroxylation is 1. The van der Waals surface area contributed by atoms with Crippen LogP contribution in [-0.4, -0.2) is 29.3 Å². The number of ether oxygens (including phenoxy) is 1. The van der Waals surface area contributed by atoms with Gasteiger partial charge in [-0.25, -0.2) is 4.98 Å². The summed E-state index contributed by atoms with van der Waals surface area (Å²) in [7, 11) is 1.81. The summed E-state index contributed by atoms with van der Waals surface area (Å²) in [6.45, 7) is 4.22. The van der Waals surface area contributed by atoms with Crippen molar-refractivity contribution in [3.8, 4) is 0 Å². The molecule has 1 N–H and O–H groups in total. The Morgan fingerprint density at radius 1 is 1.47 bits per heavy atom. The van der Waals surface area contributed by atoms with Gasteiger partial charge in [0.15, 0.2) is 0 Å². The first-order valence-electron chi connectivity index (χ1n) is 6.65. The lowest BCUT2D eigenvalue weighted by molar-refractivity contribution is 0.00460. The van der Waals surface area contributed by atoms with Gasteiger partial charge in [0.05, 0.1) is 11.8 Å². The summed E-state index contributed by atoms with van der Waals surface area (Å²) in [5, 5.41) is 3.40. The van der Waals surface area contributed by atoms with Crippen LogP contribution in [0.25, 0.3) is 0 Å². The predicted molar refractivity (Wildman–Crippen MR) is 66.1 cm³/mol. The van der Waals surface area contributed by atoms with E-state index in [1.165, 1.54) is 17.2 Å². The number of hydrogen-bond donors (Lipinski definition) is 1. The summed E-state index contributed by atoms with van der Waals surface area (Å²) >= 11 is 0. The first-order chi connectivity index (χ1) is 8.33. The van der Waals surface area contributed by atoms with Crippen molar-refractivity contribution in [2.75, 3.05) is 13.7 Å².